The first kappa shape index (κ1) is 15.7. The largest absolute Gasteiger partial charge is 0.496 e. The highest BCUT2D eigenvalue weighted by atomic mass is 79.9. The molecule has 0 spiro atoms. The molecule has 1 aliphatic rings. The van der Waals surface area contributed by atoms with Crippen molar-refractivity contribution in [3.63, 3.8) is 0 Å². The van der Waals surface area contributed by atoms with Crippen LogP contribution in [0.25, 0.3) is 0 Å². The van der Waals surface area contributed by atoms with Crippen molar-refractivity contribution in [2.45, 2.75) is 30.4 Å². The van der Waals surface area contributed by atoms with Gasteiger partial charge in [0.15, 0.2) is 0 Å². The van der Waals surface area contributed by atoms with Crippen LogP contribution in [0, 0.1) is 0 Å². The molecule has 0 unspecified atom stereocenters. The minimum Gasteiger partial charge on any atom is -0.496 e. The third-order valence-corrected chi connectivity index (χ3v) is 5.84. The summed E-state index contributed by atoms with van der Waals surface area (Å²) in [5.41, 5.74) is 0.588. The Labute approximate surface area is 133 Å². The molecular weight excluding hydrogens is 338 g/mol. The Balaban J connectivity index is 2.05. The van der Waals surface area contributed by atoms with E-state index in [2.05, 4.69) is 27.5 Å². The number of hydrogen-bond acceptors (Lipinski definition) is 3. The zero-order valence-corrected chi connectivity index (χ0v) is 14.3. The Kier molecular flexibility index (Phi) is 5.38. The van der Waals surface area contributed by atoms with Gasteiger partial charge in [-0.05, 0) is 37.3 Å². The van der Waals surface area contributed by atoms with E-state index in [9.17, 15) is 4.79 Å². The summed E-state index contributed by atoms with van der Waals surface area (Å²) in [6, 6.07) is 5.46. The van der Waals surface area contributed by atoms with E-state index in [1.54, 1.807) is 13.2 Å². The molecule has 2 rings (SSSR count). The molecule has 0 radical (unpaired) electrons. The number of hydrogen-bond donors (Lipinski definition) is 1. The number of thioether (sulfide) groups is 1. The van der Waals surface area contributed by atoms with Crippen LogP contribution in [0.3, 0.4) is 0 Å². The van der Waals surface area contributed by atoms with Crippen molar-refractivity contribution in [1.29, 1.82) is 0 Å². The van der Waals surface area contributed by atoms with Crippen molar-refractivity contribution in [1.82, 2.24) is 5.32 Å². The van der Waals surface area contributed by atoms with E-state index in [0.29, 0.717) is 11.3 Å². The van der Waals surface area contributed by atoms with E-state index in [-0.39, 0.29) is 10.7 Å². The summed E-state index contributed by atoms with van der Waals surface area (Å²) in [7, 11) is 1.58. The Bertz CT molecular complexity index is 487. The van der Waals surface area contributed by atoms with E-state index < -0.39 is 0 Å². The van der Waals surface area contributed by atoms with Crippen molar-refractivity contribution in [2.24, 2.45) is 0 Å². The molecular formula is C15H20BrNO2S. The van der Waals surface area contributed by atoms with E-state index in [1.807, 2.05) is 23.9 Å². The van der Waals surface area contributed by atoms with E-state index in [0.717, 1.165) is 11.0 Å². The molecule has 1 aromatic rings. The van der Waals surface area contributed by atoms with Gasteiger partial charge in [-0.3, -0.25) is 4.79 Å². The number of carbonyl (C=O) groups excluding carboxylic acids is 1. The van der Waals surface area contributed by atoms with E-state index in [1.165, 1.54) is 25.7 Å². The number of ether oxygens (including phenoxy) is 1. The monoisotopic (exact) mass is 357 g/mol. The smallest absolute Gasteiger partial charge is 0.255 e. The second kappa shape index (κ2) is 6.85. The quantitative estimate of drug-likeness (QED) is 0.869. The Morgan fingerprint density at radius 2 is 2.15 bits per heavy atom. The molecule has 110 valence electrons. The summed E-state index contributed by atoms with van der Waals surface area (Å²) in [6.07, 6.45) is 7.03. The fourth-order valence-corrected chi connectivity index (χ4v) is 3.92. The maximum atomic E-state index is 12.3. The molecule has 20 heavy (non-hydrogen) atoms. The van der Waals surface area contributed by atoms with Crippen molar-refractivity contribution in [3.8, 4) is 5.75 Å². The lowest BCUT2D eigenvalue weighted by atomic mass is 10.1. The summed E-state index contributed by atoms with van der Waals surface area (Å²) in [4.78, 5) is 12.3. The van der Waals surface area contributed by atoms with Crippen LogP contribution in [-0.4, -0.2) is 30.6 Å². The minimum atomic E-state index is -0.0605. The average molecular weight is 358 g/mol. The van der Waals surface area contributed by atoms with Crippen molar-refractivity contribution in [2.75, 3.05) is 19.9 Å². The fourth-order valence-electron chi connectivity index (χ4n) is 2.66. The lowest BCUT2D eigenvalue weighted by Gasteiger charge is -2.27. The molecule has 0 saturated heterocycles. The normalized spacial score (nSPS) is 16.9. The Morgan fingerprint density at radius 3 is 2.75 bits per heavy atom. The Hall–Kier alpha value is -0.680. The molecule has 1 aromatic carbocycles. The van der Waals surface area contributed by atoms with Gasteiger partial charge < -0.3 is 10.1 Å². The number of methoxy groups -OCH3 is 1. The van der Waals surface area contributed by atoms with Gasteiger partial charge in [-0.15, -0.1) is 0 Å². The molecule has 0 heterocycles. The molecule has 0 aliphatic heterocycles. The predicted molar refractivity (Wildman–Crippen MR) is 87.7 cm³/mol. The highest BCUT2D eigenvalue weighted by molar-refractivity contribution is 9.10. The first-order valence-corrected chi connectivity index (χ1v) is 8.79. The maximum Gasteiger partial charge on any atom is 0.255 e. The summed E-state index contributed by atoms with van der Waals surface area (Å²) < 4.78 is 6.40. The number of rotatable bonds is 5. The van der Waals surface area contributed by atoms with Gasteiger partial charge in [0.2, 0.25) is 0 Å². The third kappa shape index (κ3) is 3.50. The molecule has 0 atom stereocenters. The van der Waals surface area contributed by atoms with Gasteiger partial charge >= 0.3 is 0 Å². The first-order chi connectivity index (χ1) is 9.60. The molecule has 1 amide bonds. The maximum absolute atomic E-state index is 12.3. The fraction of sp³-hybridized carbons (Fsp3) is 0.533. The molecule has 1 fully saturated rings. The van der Waals surface area contributed by atoms with Crippen LogP contribution in [0.5, 0.6) is 5.75 Å². The van der Waals surface area contributed by atoms with Crippen LogP contribution < -0.4 is 10.1 Å². The molecule has 3 nitrogen and oxygen atoms in total. The van der Waals surface area contributed by atoms with Gasteiger partial charge in [0.1, 0.15) is 5.75 Å². The predicted octanol–water partition coefficient (Wildman–Crippen LogP) is 3.86. The second-order valence-corrected chi connectivity index (χ2v) is 7.31. The van der Waals surface area contributed by atoms with Crippen LogP contribution in [0.4, 0.5) is 0 Å². The van der Waals surface area contributed by atoms with Crippen molar-refractivity contribution in [3.05, 3.63) is 28.2 Å². The van der Waals surface area contributed by atoms with Crippen LogP contribution in [0.2, 0.25) is 0 Å². The molecule has 1 N–H and O–H groups in total. The lowest BCUT2D eigenvalue weighted by molar-refractivity contribution is 0.0946. The third-order valence-electron chi connectivity index (χ3n) is 3.93. The summed E-state index contributed by atoms with van der Waals surface area (Å²) in [6.45, 7) is 0.728. The van der Waals surface area contributed by atoms with Gasteiger partial charge in [0, 0.05) is 15.8 Å². The highest BCUT2D eigenvalue weighted by Crippen LogP contribution is 2.39. The number of benzene rings is 1. The molecule has 1 aliphatic carbocycles. The van der Waals surface area contributed by atoms with Crippen LogP contribution in [0.1, 0.15) is 36.0 Å². The SMILES string of the molecule is COc1cc(Br)ccc1C(=O)NCC1(SC)CCCC1. The highest BCUT2D eigenvalue weighted by Gasteiger charge is 2.33. The number of nitrogens with one attached hydrogen (secondary N) is 1. The zero-order chi connectivity index (χ0) is 14.6. The van der Waals surface area contributed by atoms with Crippen LogP contribution in [0.15, 0.2) is 22.7 Å². The summed E-state index contributed by atoms with van der Waals surface area (Å²) in [5.74, 6) is 0.538. The summed E-state index contributed by atoms with van der Waals surface area (Å²) >= 11 is 5.26. The van der Waals surface area contributed by atoms with Gasteiger partial charge in [-0.25, -0.2) is 0 Å². The molecule has 0 bridgehead atoms. The molecule has 0 aromatic heterocycles. The van der Waals surface area contributed by atoms with E-state index >= 15 is 0 Å². The topological polar surface area (TPSA) is 38.3 Å². The van der Waals surface area contributed by atoms with Crippen LogP contribution >= 0.6 is 27.7 Å². The van der Waals surface area contributed by atoms with Crippen molar-refractivity contribution < 1.29 is 9.53 Å². The standard InChI is InChI=1S/C15H20BrNO2S/c1-19-13-9-11(16)5-6-12(13)14(18)17-10-15(20-2)7-3-4-8-15/h5-6,9H,3-4,7-8,10H2,1-2H3,(H,17,18). The second-order valence-electron chi connectivity index (χ2n) is 5.12. The number of amides is 1. The zero-order valence-electron chi connectivity index (χ0n) is 11.9. The van der Waals surface area contributed by atoms with Gasteiger partial charge in [0.05, 0.1) is 12.7 Å². The molecule has 5 heteroatoms. The van der Waals surface area contributed by atoms with Crippen LogP contribution in [-0.2, 0) is 0 Å². The average Bonchev–Trinajstić information content (AvgIpc) is 2.94. The molecule has 1 saturated carbocycles. The lowest BCUT2D eigenvalue weighted by Crippen LogP contribution is -2.38. The minimum absolute atomic E-state index is 0.0605. The number of carbonyl (C=O) groups is 1. The first-order valence-electron chi connectivity index (χ1n) is 6.77. The van der Waals surface area contributed by atoms with E-state index in [4.69, 9.17) is 4.74 Å². The van der Waals surface area contributed by atoms with Crippen molar-refractivity contribution >= 4 is 33.6 Å². The number of halogens is 1. The Morgan fingerprint density at radius 1 is 1.45 bits per heavy atom. The van der Waals surface area contributed by atoms with Gasteiger partial charge in [-0.1, -0.05) is 28.8 Å². The van der Waals surface area contributed by atoms with Gasteiger partial charge in [-0.2, -0.15) is 11.8 Å². The summed E-state index contributed by atoms with van der Waals surface area (Å²) in [5, 5.41) is 3.07. The van der Waals surface area contributed by atoms with Gasteiger partial charge in [0.25, 0.3) is 5.91 Å².